The minimum absolute atomic E-state index is 0.323. The molecule has 1 aromatic heterocycles. The molecule has 0 atom stereocenters. The van der Waals surface area contributed by atoms with E-state index in [0.717, 1.165) is 22.8 Å². The topological polar surface area (TPSA) is 16.1 Å². The summed E-state index contributed by atoms with van der Waals surface area (Å²) < 4.78 is 0. The lowest BCUT2D eigenvalue weighted by atomic mass is 9.71. The lowest BCUT2D eigenvalue weighted by molar-refractivity contribution is 0.691. The van der Waals surface area contributed by atoms with Crippen molar-refractivity contribution >= 4 is 5.82 Å². The SMILES string of the molecule is C=CC(=C)N(C(=C)C)c1cc(C(C)(c2ccccc2)c2ccccc2)ccn1. The van der Waals surface area contributed by atoms with Gasteiger partial charge in [0.2, 0.25) is 0 Å². The molecule has 1 heterocycles. The highest BCUT2D eigenvalue weighted by atomic mass is 15.2. The maximum absolute atomic E-state index is 4.59. The molecule has 0 radical (unpaired) electrons. The molecule has 3 aromatic rings. The van der Waals surface area contributed by atoms with E-state index in [0.29, 0.717) is 0 Å². The fourth-order valence-corrected chi connectivity index (χ4v) is 3.57. The van der Waals surface area contributed by atoms with E-state index in [1.165, 1.54) is 11.1 Å². The van der Waals surface area contributed by atoms with E-state index < -0.39 is 0 Å². The van der Waals surface area contributed by atoms with E-state index in [9.17, 15) is 0 Å². The minimum atomic E-state index is -0.323. The molecule has 0 spiro atoms. The highest BCUT2D eigenvalue weighted by Gasteiger charge is 2.31. The molecule has 2 heteroatoms. The molecule has 2 aromatic carbocycles. The Morgan fingerprint density at radius 1 is 0.893 bits per heavy atom. The molecule has 0 saturated heterocycles. The predicted octanol–water partition coefficient (Wildman–Crippen LogP) is 6.48. The smallest absolute Gasteiger partial charge is 0.137 e. The molecule has 0 aliphatic heterocycles. The summed E-state index contributed by atoms with van der Waals surface area (Å²) in [5.74, 6) is 0.785. The highest BCUT2D eigenvalue weighted by Crippen LogP contribution is 2.39. The summed E-state index contributed by atoms with van der Waals surface area (Å²) in [6.45, 7) is 16.2. The first kappa shape index (κ1) is 19.4. The molecule has 0 amide bonds. The first-order valence-electron chi connectivity index (χ1n) is 9.33. The average molecular weight is 367 g/mol. The number of anilines is 1. The Hall–Kier alpha value is -3.39. The zero-order valence-corrected chi connectivity index (χ0v) is 16.6. The fraction of sp³-hybridized carbons (Fsp3) is 0.115. The zero-order chi connectivity index (χ0) is 20.1. The second kappa shape index (κ2) is 8.10. The summed E-state index contributed by atoms with van der Waals surface area (Å²) in [5.41, 5.74) is 4.87. The van der Waals surface area contributed by atoms with Crippen molar-refractivity contribution in [3.8, 4) is 0 Å². The third kappa shape index (κ3) is 3.54. The first-order valence-corrected chi connectivity index (χ1v) is 9.33. The molecule has 3 rings (SSSR count). The lowest BCUT2D eigenvalue weighted by Gasteiger charge is -2.33. The van der Waals surface area contributed by atoms with Crippen molar-refractivity contribution in [2.24, 2.45) is 0 Å². The summed E-state index contributed by atoms with van der Waals surface area (Å²) in [5, 5.41) is 0. The van der Waals surface area contributed by atoms with Gasteiger partial charge >= 0.3 is 0 Å². The molecular weight excluding hydrogens is 340 g/mol. The molecule has 0 aliphatic rings. The van der Waals surface area contributed by atoms with Crippen molar-refractivity contribution in [1.82, 2.24) is 4.98 Å². The lowest BCUT2D eigenvalue weighted by Crippen LogP contribution is -2.26. The molecule has 140 valence electrons. The van der Waals surface area contributed by atoms with Crippen LogP contribution in [0.4, 0.5) is 5.82 Å². The molecule has 0 fully saturated rings. The van der Waals surface area contributed by atoms with Crippen LogP contribution in [0.2, 0.25) is 0 Å². The predicted molar refractivity (Wildman–Crippen MR) is 119 cm³/mol. The van der Waals surface area contributed by atoms with Crippen LogP contribution in [0, 0.1) is 0 Å². The fourth-order valence-electron chi connectivity index (χ4n) is 3.57. The Kier molecular flexibility index (Phi) is 5.60. The van der Waals surface area contributed by atoms with Crippen molar-refractivity contribution in [3.05, 3.63) is 133 Å². The van der Waals surface area contributed by atoms with E-state index in [1.807, 2.05) is 30.2 Å². The average Bonchev–Trinajstić information content (AvgIpc) is 2.74. The van der Waals surface area contributed by atoms with Crippen LogP contribution in [0.15, 0.2) is 116 Å². The summed E-state index contributed by atoms with van der Waals surface area (Å²) in [6, 6.07) is 25.3. The van der Waals surface area contributed by atoms with E-state index in [-0.39, 0.29) is 5.41 Å². The Morgan fingerprint density at radius 3 is 1.89 bits per heavy atom. The Bertz CT molecular complexity index is 948. The molecule has 0 saturated carbocycles. The Balaban J connectivity index is 2.22. The Morgan fingerprint density at radius 2 is 1.43 bits per heavy atom. The molecular formula is C26H26N2. The largest absolute Gasteiger partial charge is 0.300 e. The van der Waals surface area contributed by atoms with Crippen LogP contribution in [0.1, 0.15) is 30.5 Å². The number of pyridine rings is 1. The third-order valence-corrected chi connectivity index (χ3v) is 5.16. The van der Waals surface area contributed by atoms with Gasteiger partial charge in [-0.25, -0.2) is 4.98 Å². The molecule has 2 nitrogen and oxygen atoms in total. The van der Waals surface area contributed by atoms with Gasteiger partial charge in [-0.05, 0) is 48.7 Å². The standard InChI is InChI=1S/C26H26N2/c1-6-21(4)28(20(2)3)25-19-24(17-18-27-25)26(5,22-13-9-7-10-14-22)23-15-11-8-12-16-23/h6-19H,1-2,4H2,3,5H3. The van der Waals surface area contributed by atoms with Crippen molar-refractivity contribution in [3.63, 3.8) is 0 Å². The highest BCUT2D eigenvalue weighted by molar-refractivity contribution is 5.59. The van der Waals surface area contributed by atoms with Crippen LogP contribution < -0.4 is 4.90 Å². The molecule has 0 unspecified atom stereocenters. The van der Waals surface area contributed by atoms with Crippen LogP contribution in [-0.2, 0) is 5.41 Å². The van der Waals surface area contributed by atoms with E-state index in [1.54, 1.807) is 6.08 Å². The maximum Gasteiger partial charge on any atom is 0.137 e. The van der Waals surface area contributed by atoms with Gasteiger partial charge in [0, 0.05) is 23.0 Å². The number of allylic oxidation sites excluding steroid dienone is 2. The van der Waals surface area contributed by atoms with Gasteiger partial charge in [0.05, 0.1) is 0 Å². The first-order chi connectivity index (χ1) is 13.5. The number of hydrogen-bond acceptors (Lipinski definition) is 2. The molecule has 0 N–H and O–H groups in total. The second-order valence-electron chi connectivity index (χ2n) is 7.03. The van der Waals surface area contributed by atoms with Gasteiger partial charge in [0.25, 0.3) is 0 Å². The Labute approximate surface area is 168 Å². The third-order valence-electron chi connectivity index (χ3n) is 5.16. The normalized spacial score (nSPS) is 10.9. The van der Waals surface area contributed by atoms with E-state index in [2.05, 4.69) is 92.3 Å². The van der Waals surface area contributed by atoms with Crippen molar-refractivity contribution < 1.29 is 0 Å². The quantitative estimate of drug-likeness (QED) is 0.445. The van der Waals surface area contributed by atoms with Crippen LogP contribution in [0.5, 0.6) is 0 Å². The minimum Gasteiger partial charge on any atom is -0.300 e. The van der Waals surface area contributed by atoms with Gasteiger partial charge in [0.15, 0.2) is 0 Å². The van der Waals surface area contributed by atoms with Crippen LogP contribution in [0.25, 0.3) is 0 Å². The number of aromatic nitrogens is 1. The maximum atomic E-state index is 4.59. The summed E-state index contributed by atoms with van der Waals surface area (Å²) >= 11 is 0. The van der Waals surface area contributed by atoms with Gasteiger partial charge in [0.1, 0.15) is 5.82 Å². The van der Waals surface area contributed by atoms with E-state index >= 15 is 0 Å². The van der Waals surface area contributed by atoms with Crippen LogP contribution in [-0.4, -0.2) is 4.98 Å². The van der Waals surface area contributed by atoms with Gasteiger partial charge < -0.3 is 4.90 Å². The van der Waals surface area contributed by atoms with Gasteiger partial charge in [-0.3, -0.25) is 0 Å². The van der Waals surface area contributed by atoms with Crippen LogP contribution >= 0.6 is 0 Å². The monoisotopic (exact) mass is 366 g/mol. The van der Waals surface area contributed by atoms with Gasteiger partial charge in [-0.15, -0.1) is 0 Å². The summed E-state index contributed by atoms with van der Waals surface area (Å²) in [7, 11) is 0. The van der Waals surface area contributed by atoms with Crippen molar-refractivity contribution in [2.45, 2.75) is 19.3 Å². The summed E-state index contributed by atoms with van der Waals surface area (Å²) in [4.78, 5) is 6.51. The van der Waals surface area contributed by atoms with Crippen molar-refractivity contribution in [1.29, 1.82) is 0 Å². The number of hydrogen-bond donors (Lipinski definition) is 0. The number of rotatable bonds is 7. The van der Waals surface area contributed by atoms with Gasteiger partial charge in [-0.2, -0.15) is 0 Å². The van der Waals surface area contributed by atoms with Crippen molar-refractivity contribution in [2.75, 3.05) is 4.90 Å². The number of nitrogens with zero attached hydrogens (tertiary/aromatic N) is 2. The number of benzene rings is 2. The molecule has 28 heavy (non-hydrogen) atoms. The molecule has 0 bridgehead atoms. The van der Waals surface area contributed by atoms with Gasteiger partial charge in [-0.1, -0.05) is 80.4 Å². The molecule has 0 aliphatic carbocycles. The van der Waals surface area contributed by atoms with E-state index in [4.69, 9.17) is 0 Å². The second-order valence-corrected chi connectivity index (χ2v) is 7.03. The zero-order valence-electron chi connectivity index (χ0n) is 16.6. The van der Waals surface area contributed by atoms with Crippen LogP contribution in [0.3, 0.4) is 0 Å². The summed E-state index contributed by atoms with van der Waals surface area (Å²) in [6.07, 6.45) is 3.57.